The molecular formula is C17H16ClFN2O3S. The standard InChI is InChI=1S/C17H16ClFN2O3S/c18-15-10-13(8-9-16(15)19)21(11-17(22)20-12-6-7-12)25(23,24)14-4-2-1-3-5-14/h1-5,8-10,12H,6-7,11H2,(H,20,22). The van der Waals surface area contributed by atoms with Gasteiger partial charge in [-0.15, -0.1) is 0 Å². The first-order valence-corrected chi connectivity index (χ1v) is 9.52. The summed E-state index contributed by atoms with van der Waals surface area (Å²) in [4.78, 5) is 12.2. The maximum Gasteiger partial charge on any atom is 0.264 e. The molecule has 25 heavy (non-hydrogen) atoms. The summed E-state index contributed by atoms with van der Waals surface area (Å²) in [6, 6.07) is 11.4. The molecule has 3 rings (SSSR count). The van der Waals surface area contributed by atoms with Crippen LogP contribution >= 0.6 is 11.6 Å². The molecule has 8 heteroatoms. The minimum atomic E-state index is -4.00. The third-order valence-corrected chi connectivity index (χ3v) is 5.83. The van der Waals surface area contributed by atoms with Crippen LogP contribution in [0.25, 0.3) is 0 Å². The lowest BCUT2D eigenvalue weighted by Gasteiger charge is -2.24. The SMILES string of the molecule is O=C(CN(c1ccc(F)c(Cl)c1)S(=O)(=O)c1ccccc1)NC1CC1. The van der Waals surface area contributed by atoms with Crippen molar-refractivity contribution in [2.45, 2.75) is 23.8 Å². The summed E-state index contributed by atoms with van der Waals surface area (Å²) < 4.78 is 40.3. The van der Waals surface area contributed by atoms with Crippen molar-refractivity contribution >= 4 is 33.2 Å². The van der Waals surface area contributed by atoms with E-state index in [2.05, 4.69) is 5.32 Å². The van der Waals surface area contributed by atoms with Gasteiger partial charge in [-0.1, -0.05) is 29.8 Å². The summed E-state index contributed by atoms with van der Waals surface area (Å²) in [5, 5.41) is 2.54. The Bertz CT molecular complexity index is 886. The molecule has 1 aliphatic rings. The number of anilines is 1. The van der Waals surface area contributed by atoms with E-state index >= 15 is 0 Å². The highest BCUT2D eigenvalue weighted by Gasteiger charge is 2.30. The lowest BCUT2D eigenvalue weighted by molar-refractivity contribution is -0.119. The summed E-state index contributed by atoms with van der Waals surface area (Å²) in [5.41, 5.74) is 0.126. The Morgan fingerprint density at radius 1 is 1.20 bits per heavy atom. The van der Waals surface area contributed by atoms with Crippen molar-refractivity contribution in [1.29, 1.82) is 0 Å². The normalized spacial score (nSPS) is 14.2. The van der Waals surface area contributed by atoms with E-state index < -0.39 is 28.3 Å². The summed E-state index contributed by atoms with van der Waals surface area (Å²) in [5.74, 6) is -1.08. The fourth-order valence-electron chi connectivity index (χ4n) is 2.31. The van der Waals surface area contributed by atoms with Gasteiger partial charge in [0.1, 0.15) is 12.4 Å². The molecule has 0 heterocycles. The van der Waals surface area contributed by atoms with E-state index in [1.54, 1.807) is 18.2 Å². The monoisotopic (exact) mass is 382 g/mol. The van der Waals surface area contributed by atoms with Crippen molar-refractivity contribution < 1.29 is 17.6 Å². The van der Waals surface area contributed by atoms with E-state index in [1.807, 2.05) is 0 Å². The molecule has 1 saturated carbocycles. The van der Waals surface area contributed by atoms with Gasteiger partial charge >= 0.3 is 0 Å². The highest BCUT2D eigenvalue weighted by molar-refractivity contribution is 7.92. The zero-order valence-corrected chi connectivity index (χ0v) is 14.7. The van der Waals surface area contributed by atoms with Gasteiger partial charge in [0, 0.05) is 6.04 Å². The number of hydrogen-bond donors (Lipinski definition) is 1. The molecule has 1 N–H and O–H groups in total. The topological polar surface area (TPSA) is 66.5 Å². The number of sulfonamides is 1. The molecule has 2 aromatic carbocycles. The lowest BCUT2D eigenvalue weighted by Crippen LogP contribution is -2.41. The number of carbonyl (C=O) groups excluding carboxylic acids is 1. The second-order valence-electron chi connectivity index (χ2n) is 5.76. The van der Waals surface area contributed by atoms with Crippen LogP contribution in [0.2, 0.25) is 5.02 Å². The quantitative estimate of drug-likeness (QED) is 0.835. The molecule has 0 aromatic heterocycles. The molecule has 132 valence electrons. The molecule has 1 aliphatic carbocycles. The number of amides is 1. The second-order valence-corrected chi connectivity index (χ2v) is 8.03. The number of hydrogen-bond acceptors (Lipinski definition) is 3. The van der Waals surface area contributed by atoms with Crippen LogP contribution in [0.15, 0.2) is 53.4 Å². The number of carbonyl (C=O) groups is 1. The van der Waals surface area contributed by atoms with Gasteiger partial charge in [0.05, 0.1) is 15.6 Å². The smallest absolute Gasteiger partial charge is 0.264 e. The zero-order chi connectivity index (χ0) is 18.0. The van der Waals surface area contributed by atoms with Crippen molar-refractivity contribution in [1.82, 2.24) is 5.32 Å². The molecule has 0 unspecified atom stereocenters. The van der Waals surface area contributed by atoms with Crippen molar-refractivity contribution in [3.05, 3.63) is 59.4 Å². The Hall–Kier alpha value is -2.12. The second kappa shape index (κ2) is 7.01. The average molecular weight is 383 g/mol. The molecule has 0 saturated heterocycles. The molecular weight excluding hydrogens is 367 g/mol. The predicted octanol–water partition coefficient (Wildman–Crippen LogP) is 2.95. The van der Waals surface area contributed by atoms with E-state index in [0.29, 0.717) is 0 Å². The van der Waals surface area contributed by atoms with Crippen LogP contribution in [-0.4, -0.2) is 26.9 Å². The van der Waals surface area contributed by atoms with Crippen LogP contribution in [0, 0.1) is 5.82 Å². The van der Waals surface area contributed by atoms with Gasteiger partial charge < -0.3 is 5.32 Å². The van der Waals surface area contributed by atoms with Gasteiger partial charge in [0.15, 0.2) is 0 Å². The highest BCUT2D eigenvalue weighted by Crippen LogP contribution is 2.28. The molecule has 0 aliphatic heterocycles. The molecule has 2 aromatic rings. The van der Waals surface area contributed by atoms with Crippen molar-refractivity contribution in [3.8, 4) is 0 Å². The Balaban J connectivity index is 1.98. The molecule has 5 nitrogen and oxygen atoms in total. The molecule has 0 spiro atoms. The minimum absolute atomic E-state index is 0.0367. The first kappa shape index (κ1) is 17.7. The van der Waals surface area contributed by atoms with Crippen LogP contribution in [0.4, 0.5) is 10.1 Å². The largest absolute Gasteiger partial charge is 0.352 e. The molecule has 0 atom stereocenters. The predicted molar refractivity (Wildman–Crippen MR) is 93.5 cm³/mol. The Morgan fingerprint density at radius 2 is 1.88 bits per heavy atom. The lowest BCUT2D eigenvalue weighted by atomic mass is 10.3. The Labute approximate surface area is 150 Å². The number of rotatable bonds is 6. The number of benzene rings is 2. The van der Waals surface area contributed by atoms with Gasteiger partial charge in [-0.3, -0.25) is 9.10 Å². The maximum atomic E-state index is 13.4. The van der Waals surface area contributed by atoms with Crippen LogP contribution in [0.1, 0.15) is 12.8 Å². The van der Waals surface area contributed by atoms with E-state index in [-0.39, 0.29) is 21.6 Å². The number of nitrogens with zero attached hydrogens (tertiary/aromatic N) is 1. The summed E-state index contributed by atoms with van der Waals surface area (Å²) in [7, 11) is -4.00. The average Bonchev–Trinajstić information content (AvgIpc) is 3.40. The Morgan fingerprint density at radius 3 is 2.48 bits per heavy atom. The van der Waals surface area contributed by atoms with E-state index in [9.17, 15) is 17.6 Å². The third kappa shape index (κ3) is 4.11. The van der Waals surface area contributed by atoms with Crippen LogP contribution < -0.4 is 9.62 Å². The van der Waals surface area contributed by atoms with Gasteiger partial charge in [-0.2, -0.15) is 0 Å². The summed E-state index contributed by atoms with van der Waals surface area (Å²) in [6.07, 6.45) is 1.78. The van der Waals surface area contributed by atoms with Gasteiger partial charge in [0.25, 0.3) is 10.0 Å². The number of nitrogens with one attached hydrogen (secondary N) is 1. The van der Waals surface area contributed by atoms with Crippen molar-refractivity contribution in [2.75, 3.05) is 10.8 Å². The van der Waals surface area contributed by atoms with Crippen LogP contribution in [0.5, 0.6) is 0 Å². The zero-order valence-electron chi connectivity index (χ0n) is 13.2. The van der Waals surface area contributed by atoms with E-state index in [1.165, 1.54) is 24.3 Å². The molecule has 0 radical (unpaired) electrons. The van der Waals surface area contributed by atoms with E-state index in [4.69, 9.17) is 11.6 Å². The third-order valence-electron chi connectivity index (χ3n) is 3.75. The van der Waals surface area contributed by atoms with Gasteiger partial charge in [0.2, 0.25) is 5.91 Å². The Kier molecular flexibility index (Phi) is 4.96. The van der Waals surface area contributed by atoms with Crippen LogP contribution in [-0.2, 0) is 14.8 Å². The van der Waals surface area contributed by atoms with Gasteiger partial charge in [-0.25, -0.2) is 12.8 Å². The first-order valence-electron chi connectivity index (χ1n) is 7.70. The van der Waals surface area contributed by atoms with Gasteiger partial charge in [-0.05, 0) is 43.2 Å². The number of halogens is 2. The molecule has 1 fully saturated rings. The summed E-state index contributed by atoms with van der Waals surface area (Å²) >= 11 is 5.79. The first-order chi connectivity index (χ1) is 11.9. The summed E-state index contributed by atoms with van der Waals surface area (Å²) in [6.45, 7) is -0.407. The maximum absolute atomic E-state index is 13.4. The van der Waals surface area contributed by atoms with Crippen molar-refractivity contribution in [3.63, 3.8) is 0 Å². The van der Waals surface area contributed by atoms with Crippen LogP contribution in [0.3, 0.4) is 0 Å². The fourth-order valence-corrected chi connectivity index (χ4v) is 3.91. The molecule has 1 amide bonds. The fraction of sp³-hybridized carbons (Fsp3) is 0.235. The van der Waals surface area contributed by atoms with Crippen molar-refractivity contribution in [2.24, 2.45) is 0 Å². The minimum Gasteiger partial charge on any atom is -0.352 e. The highest BCUT2D eigenvalue weighted by atomic mass is 35.5. The molecule has 0 bridgehead atoms. The van der Waals surface area contributed by atoms with E-state index in [0.717, 1.165) is 23.2 Å².